The fourth-order valence-corrected chi connectivity index (χ4v) is 6.07. The minimum atomic E-state index is -0.126. The van der Waals surface area contributed by atoms with Crippen LogP contribution in [0.3, 0.4) is 0 Å². The Labute approximate surface area is 204 Å². The number of carbonyl (C=O) groups is 1. The van der Waals surface area contributed by atoms with Crippen LogP contribution in [0, 0.1) is 0 Å². The number of halogens is 1. The van der Waals surface area contributed by atoms with Crippen molar-refractivity contribution in [2.75, 3.05) is 50.1 Å². The third kappa shape index (κ3) is 4.76. The number of aromatic nitrogens is 1. The average molecular weight is 513 g/mol. The quantitative estimate of drug-likeness (QED) is 0.574. The number of nitrogens with one attached hydrogen (secondary N) is 1. The van der Waals surface area contributed by atoms with Gasteiger partial charge >= 0.3 is 5.97 Å². The number of hydrogen-bond acceptors (Lipinski definition) is 6. The van der Waals surface area contributed by atoms with Crippen LogP contribution in [-0.4, -0.2) is 55.7 Å². The Morgan fingerprint density at radius 2 is 2.09 bits per heavy atom. The number of likely N-dealkylation sites (tertiary alicyclic amines) is 1. The number of piperidine rings is 1. The van der Waals surface area contributed by atoms with E-state index in [9.17, 15) is 4.79 Å². The predicted molar refractivity (Wildman–Crippen MR) is 135 cm³/mol. The van der Waals surface area contributed by atoms with Gasteiger partial charge in [0, 0.05) is 48.2 Å². The molecular formula is C26H33BrN4O2. The lowest BCUT2D eigenvalue weighted by Crippen LogP contribution is -2.45. The summed E-state index contributed by atoms with van der Waals surface area (Å²) < 4.78 is 5.97. The van der Waals surface area contributed by atoms with Gasteiger partial charge in [0.25, 0.3) is 0 Å². The Hall–Kier alpha value is -2.12. The third-order valence-corrected chi connectivity index (χ3v) is 8.04. The van der Waals surface area contributed by atoms with Gasteiger partial charge in [-0.05, 0) is 80.6 Å². The molecule has 176 valence electrons. The number of rotatable bonds is 6. The number of anilines is 2. The number of esters is 1. The molecule has 0 saturated carbocycles. The van der Waals surface area contributed by atoms with Gasteiger partial charge in [-0.15, -0.1) is 0 Å². The summed E-state index contributed by atoms with van der Waals surface area (Å²) in [6, 6.07) is 11.2. The van der Waals surface area contributed by atoms with Crippen molar-refractivity contribution >= 4 is 33.4 Å². The van der Waals surface area contributed by atoms with Crippen LogP contribution in [-0.2, 0) is 27.9 Å². The Morgan fingerprint density at radius 3 is 2.91 bits per heavy atom. The molecule has 1 aromatic heterocycles. The van der Waals surface area contributed by atoms with E-state index in [1.165, 1.54) is 30.3 Å². The first kappa shape index (κ1) is 22.7. The van der Waals surface area contributed by atoms with Crippen LogP contribution in [0.15, 0.2) is 34.8 Å². The highest BCUT2D eigenvalue weighted by molar-refractivity contribution is 9.10. The van der Waals surface area contributed by atoms with Crippen LogP contribution in [0.5, 0.6) is 0 Å². The van der Waals surface area contributed by atoms with E-state index in [0.717, 1.165) is 80.9 Å². The topological polar surface area (TPSA) is 57.7 Å². The van der Waals surface area contributed by atoms with Gasteiger partial charge in [-0.2, -0.15) is 0 Å². The number of ether oxygens (including phenoxy) is 1. The molecule has 5 rings (SSSR count). The summed E-state index contributed by atoms with van der Waals surface area (Å²) in [5.74, 6) is 0.962. The van der Waals surface area contributed by atoms with Crippen molar-refractivity contribution in [2.24, 2.45) is 0 Å². The van der Waals surface area contributed by atoms with Crippen molar-refractivity contribution < 1.29 is 9.53 Å². The molecule has 33 heavy (non-hydrogen) atoms. The highest BCUT2D eigenvalue weighted by atomic mass is 79.9. The van der Waals surface area contributed by atoms with E-state index < -0.39 is 0 Å². The molecule has 1 N–H and O–H groups in total. The van der Waals surface area contributed by atoms with Gasteiger partial charge in [0.1, 0.15) is 5.82 Å². The summed E-state index contributed by atoms with van der Waals surface area (Å²) >= 11 is 3.70. The number of nitrogens with zero attached hydrogens (tertiary/aromatic N) is 3. The van der Waals surface area contributed by atoms with E-state index in [0.29, 0.717) is 6.42 Å². The molecule has 3 aliphatic rings. The number of carbonyl (C=O) groups excluding carboxylic acids is 1. The van der Waals surface area contributed by atoms with Crippen molar-refractivity contribution in [1.82, 2.24) is 9.88 Å². The third-order valence-electron chi connectivity index (χ3n) is 7.55. The van der Waals surface area contributed by atoms with Gasteiger partial charge in [0.05, 0.1) is 12.8 Å². The predicted octanol–water partition coefficient (Wildman–Crippen LogP) is 4.51. The van der Waals surface area contributed by atoms with Crippen LogP contribution in [0.25, 0.3) is 0 Å². The van der Waals surface area contributed by atoms with Crippen molar-refractivity contribution in [3.8, 4) is 0 Å². The lowest BCUT2D eigenvalue weighted by atomic mass is 9.74. The maximum Gasteiger partial charge on any atom is 0.305 e. The number of hydrogen-bond donors (Lipinski definition) is 1. The number of aryl methyl sites for hydroxylation is 1. The zero-order valence-corrected chi connectivity index (χ0v) is 21.0. The summed E-state index contributed by atoms with van der Waals surface area (Å²) in [5, 5.41) is 3.46. The van der Waals surface area contributed by atoms with E-state index in [1.54, 1.807) is 0 Å². The first-order valence-electron chi connectivity index (χ1n) is 12.1. The monoisotopic (exact) mass is 512 g/mol. The van der Waals surface area contributed by atoms with Gasteiger partial charge < -0.3 is 15.0 Å². The summed E-state index contributed by atoms with van der Waals surface area (Å²) in [6.07, 6.45) is 5.91. The molecule has 0 bridgehead atoms. The molecule has 0 aliphatic carbocycles. The molecule has 2 aromatic rings. The second-order valence-corrected chi connectivity index (χ2v) is 10.6. The maximum absolute atomic E-state index is 11.6. The summed E-state index contributed by atoms with van der Waals surface area (Å²) in [7, 11) is 1.46. The van der Waals surface area contributed by atoms with Gasteiger partial charge in [0.15, 0.2) is 0 Å². The molecule has 0 amide bonds. The lowest BCUT2D eigenvalue weighted by Gasteiger charge is -2.40. The molecule has 0 radical (unpaired) electrons. The highest BCUT2D eigenvalue weighted by Gasteiger charge is 2.44. The van der Waals surface area contributed by atoms with Crippen molar-refractivity contribution in [2.45, 2.75) is 50.5 Å². The normalized spacial score (nSPS) is 19.2. The molecule has 4 heterocycles. The molecular weight excluding hydrogens is 480 g/mol. The molecule has 6 nitrogen and oxygen atoms in total. The SMILES string of the molecule is COC(=O)CCCN1CC2(CCN(Cc3ccc4c(n3)NCCC4)CC2)c2cc(Br)ccc21. The molecule has 0 atom stereocenters. The van der Waals surface area contributed by atoms with Crippen LogP contribution in [0.2, 0.25) is 0 Å². The first-order chi connectivity index (χ1) is 16.1. The maximum atomic E-state index is 11.6. The number of benzene rings is 1. The second kappa shape index (κ2) is 9.63. The summed E-state index contributed by atoms with van der Waals surface area (Å²) in [6.45, 7) is 6.03. The zero-order chi connectivity index (χ0) is 22.8. The Bertz CT molecular complexity index is 1020. The van der Waals surface area contributed by atoms with Gasteiger partial charge in [0.2, 0.25) is 0 Å². The van der Waals surface area contributed by atoms with Gasteiger partial charge in [-0.3, -0.25) is 9.69 Å². The zero-order valence-electron chi connectivity index (χ0n) is 19.4. The van der Waals surface area contributed by atoms with Crippen LogP contribution < -0.4 is 10.2 Å². The summed E-state index contributed by atoms with van der Waals surface area (Å²) in [4.78, 5) is 21.5. The molecule has 7 heteroatoms. The highest BCUT2D eigenvalue weighted by Crippen LogP contribution is 2.48. The van der Waals surface area contributed by atoms with E-state index >= 15 is 0 Å². The second-order valence-electron chi connectivity index (χ2n) is 9.66. The standard InChI is InChI=1S/C26H33BrN4O2/c1-33-24(32)5-3-13-31-18-26(22-16-20(27)7-9-23(22)31)10-14-30(15-11-26)17-21-8-6-19-4-2-12-28-25(19)29-21/h6-9,16H,2-5,10-15,17-18H2,1H3,(H,28,29). The molecule has 3 aliphatic heterocycles. The molecule has 1 saturated heterocycles. The average Bonchev–Trinajstić information content (AvgIpc) is 3.12. The number of methoxy groups -OCH3 is 1. The molecule has 1 spiro atoms. The van der Waals surface area contributed by atoms with Gasteiger partial charge in [-0.25, -0.2) is 4.98 Å². The van der Waals surface area contributed by atoms with E-state index in [-0.39, 0.29) is 11.4 Å². The van der Waals surface area contributed by atoms with Crippen LogP contribution >= 0.6 is 15.9 Å². The van der Waals surface area contributed by atoms with Crippen molar-refractivity contribution in [3.63, 3.8) is 0 Å². The Kier molecular flexibility index (Phi) is 6.61. The first-order valence-corrected chi connectivity index (χ1v) is 12.9. The number of fused-ring (bicyclic) bond motifs is 3. The minimum Gasteiger partial charge on any atom is -0.469 e. The van der Waals surface area contributed by atoms with Crippen molar-refractivity contribution in [3.05, 3.63) is 51.6 Å². The van der Waals surface area contributed by atoms with Crippen LogP contribution in [0.1, 0.15) is 48.9 Å². The smallest absolute Gasteiger partial charge is 0.305 e. The Morgan fingerprint density at radius 1 is 1.24 bits per heavy atom. The summed E-state index contributed by atoms with van der Waals surface area (Å²) in [5.41, 5.74) is 5.50. The fraction of sp³-hybridized carbons (Fsp3) is 0.538. The molecule has 0 unspecified atom stereocenters. The van der Waals surface area contributed by atoms with Crippen LogP contribution in [0.4, 0.5) is 11.5 Å². The largest absolute Gasteiger partial charge is 0.469 e. The van der Waals surface area contributed by atoms with E-state index in [4.69, 9.17) is 9.72 Å². The minimum absolute atomic E-state index is 0.126. The molecule has 1 fully saturated rings. The number of pyridine rings is 1. The molecule has 1 aromatic carbocycles. The van der Waals surface area contributed by atoms with E-state index in [2.05, 4.69) is 61.4 Å². The fourth-order valence-electron chi connectivity index (χ4n) is 5.71. The van der Waals surface area contributed by atoms with Crippen molar-refractivity contribution in [1.29, 1.82) is 0 Å². The van der Waals surface area contributed by atoms with Gasteiger partial charge in [-0.1, -0.05) is 22.0 Å². The Balaban J connectivity index is 1.25. The van der Waals surface area contributed by atoms with E-state index in [1.807, 2.05) is 0 Å². The lowest BCUT2D eigenvalue weighted by molar-refractivity contribution is -0.140.